The highest BCUT2D eigenvalue weighted by atomic mass is 35.5. The van der Waals surface area contributed by atoms with Gasteiger partial charge in [-0.25, -0.2) is 14.8 Å². The van der Waals surface area contributed by atoms with E-state index in [0.717, 1.165) is 6.20 Å². The highest BCUT2D eigenvalue weighted by Crippen LogP contribution is 2.14. The topological polar surface area (TPSA) is 95.3 Å². The van der Waals surface area contributed by atoms with Gasteiger partial charge in [0.05, 0.1) is 17.8 Å². The van der Waals surface area contributed by atoms with Crippen LogP contribution in [0.15, 0.2) is 6.20 Å². The first-order valence-electron chi connectivity index (χ1n) is 4.17. The molecule has 0 fully saturated rings. The van der Waals surface area contributed by atoms with Crippen LogP contribution in [0.4, 0.5) is 5.95 Å². The number of hydrogen-bond acceptors (Lipinski definition) is 5. The lowest BCUT2D eigenvalue weighted by Gasteiger charge is -2.10. The van der Waals surface area contributed by atoms with Crippen molar-refractivity contribution in [3.05, 3.63) is 16.9 Å². The number of nitrogens with one attached hydrogen (secondary N) is 1. The first-order valence-corrected chi connectivity index (χ1v) is 4.55. The minimum absolute atomic E-state index is 0.00111. The summed E-state index contributed by atoms with van der Waals surface area (Å²) >= 11 is 5.57. The van der Waals surface area contributed by atoms with E-state index in [0.29, 0.717) is 0 Å². The molecular weight excluding hydrogens is 234 g/mol. The summed E-state index contributed by atoms with van der Waals surface area (Å²) in [6.07, 6.45) is 6.23. The van der Waals surface area contributed by atoms with E-state index in [9.17, 15) is 4.79 Å². The molecule has 0 aliphatic heterocycles. The Morgan fingerprint density at radius 3 is 2.94 bits per heavy atom. The highest BCUT2D eigenvalue weighted by Gasteiger charge is 2.13. The maximum atomic E-state index is 10.7. The van der Waals surface area contributed by atoms with Crippen LogP contribution in [0.3, 0.4) is 0 Å². The van der Waals surface area contributed by atoms with Crippen LogP contribution in [-0.2, 0) is 0 Å². The van der Waals surface area contributed by atoms with E-state index >= 15 is 0 Å². The first-order chi connectivity index (χ1) is 7.58. The van der Waals surface area contributed by atoms with Crippen LogP contribution in [0.25, 0.3) is 0 Å². The molecule has 84 valence electrons. The molecule has 0 aromatic carbocycles. The second kappa shape index (κ2) is 5.30. The third-order valence-corrected chi connectivity index (χ3v) is 1.91. The van der Waals surface area contributed by atoms with Gasteiger partial charge in [-0.15, -0.1) is 6.42 Å². The second-order valence-electron chi connectivity index (χ2n) is 2.74. The molecule has 7 heteroatoms. The van der Waals surface area contributed by atoms with Gasteiger partial charge >= 0.3 is 5.97 Å². The predicted molar refractivity (Wildman–Crippen MR) is 57.3 cm³/mol. The Balaban J connectivity index is 2.96. The quantitative estimate of drug-likeness (QED) is 0.654. The second-order valence-corrected chi connectivity index (χ2v) is 3.15. The normalized spacial score (nSPS) is 11.6. The van der Waals surface area contributed by atoms with E-state index < -0.39 is 12.0 Å². The SMILES string of the molecule is C#CC(CO)Nc1ncc(Cl)c(C(=O)O)n1. The Kier molecular flexibility index (Phi) is 4.05. The van der Waals surface area contributed by atoms with Crippen molar-refractivity contribution in [2.45, 2.75) is 6.04 Å². The summed E-state index contributed by atoms with van der Waals surface area (Å²) in [6, 6.07) is -0.678. The summed E-state index contributed by atoms with van der Waals surface area (Å²) in [5.74, 6) is 0.974. The zero-order valence-electron chi connectivity index (χ0n) is 8.01. The van der Waals surface area contributed by atoms with E-state index in [-0.39, 0.29) is 23.3 Å². The minimum atomic E-state index is -1.27. The zero-order chi connectivity index (χ0) is 12.1. The van der Waals surface area contributed by atoms with Gasteiger partial charge in [0, 0.05) is 0 Å². The molecule has 1 unspecified atom stereocenters. The number of nitrogens with zero attached hydrogens (tertiary/aromatic N) is 2. The van der Waals surface area contributed by atoms with Crippen molar-refractivity contribution >= 4 is 23.5 Å². The van der Waals surface area contributed by atoms with Crippen molar-refractivity contribution in [2.75, 3.05) is 11.9 Å². The number of terminal acetylenes is 1. The Labute approximate surface area is 96.3 Å². The van der Waals surface area contributed by atoms with Crippen molar-refractivity contribution in [2.24, 2.45) is 0 Å². The smallest absolute Gasteiger partial charge is 0.356 e. The monoisotopic (exact) mass is 241 g/mol. The van der Waals surface area contributed by atoms with Gasteiger partial charge in [-0.1, -0.05) is 17.5 Å². The molecule has 1 heterocycles. The lowest BCUT2D eigenvalue weighted by atomic mass is 10.3. The number of halogens is 1. The molecule has 0 aliphatic rings. The average Bonchev–Trinajstić information content (AvgIpc) is 2.27. The van der Waals surface area contributed by atoms with E-state index in [4.69, 9.17) is 28.2 Å². The van der Waals surface area contributed by atoms with Crippen molar-refractivity contribution < 1.29 is 15.0 Å². The van der Waals surface area contributed by atoms with Gasteiger partial charge < -0.3 is 15.5 Å². The third-order valence-electron chi connectivity index (χ3n) is 1.63. The fourth-order valence-electron chi connectivity index (χ4n) is 0.883. The summed E-state index contributed by atoms with van der Waals surface area (Å²) in [4.78, 5) is 18.1. The van der Waals surface area contributed by atoms with Gasteiger partial charge in [0.25, 0.3) is 0 Å². The summed E-state index contributed by atoms with van der Waals surface area (Å²) in [5, 5.41) is 20.1. The third kappa shape index (κ3) is 2.82. The Hall–Kier alpha value is -1.84. The van der Waals surface area contributed by atoms with Gasteiger partial charge in [0.15, 0.2) is 5.69 Å². The molecule has 1 aromatic heterocycles. The summed E-state index contributed by atoms with van der Waals surface area (Å²) in [7, 11) is 0. The Morgan fingerprint density at radius 2 is 2.44 bits per heavy atom. The lowest BCUT2D eigenvalue weighted by Crippen LogP contribution is -2.23. The molecule has 0 radical (unpaired) electrons. The summed E-state index contributed by atoms with van der Waals surface area (Å²) in [5.41, 5.74) is -0.326. The van der Waals surface area contributed by atoms with Crippen molar-refractivity contribution in [1.82, 2.24) is 9.97 Å². The van der Waals surface area contributed by atoms with Crippen LogP contribution in [0.2, 0.25) is 5.02 Å². The van der Waals surface area contributed by atoms with E-state index in [1.54, 1.807) is 0 Å². The van der Waals surface area contributed by atoms with Crippen LogP contribution < -0.4 is 5.32 Å². The number of aliphatic hydroxyl groups excluding tert-OH is 1. The summed E-state index contributed by atoms with van der Waals surface area (Å²) in [6.45, 7) is -0.315. The number of aromatic nitrogens is 2. The molecule has 1 aromatic rings. The number of aliphatic hydroxyl groups is 1. The van der Waals surface area contributed by atoms with E-state index in [1.807, 2.05) is 0 Å². The number of hydrogen-bond donors (Lipinski definition) is 3. The Bertz CT molecular complexity index is 444. The van der Waals surface area contributed by atoms with Gasteiger partial charge in [0.2, 0.25) is 5.95 Å². The van der Waals surface area contributed by atoms with Crippen LogP contribution >= 0.6 is 11.6 Å². The molecule has 3 N–H and O–H groups in total. The molecule has 0 saturated carbocycles. The standard InChI is InChI=1S/C9H8ClN3O3/c1-2-5(4-14)12-9-11-3-6(10)7(13-9)8(15)16/h1,3,5,14H,4H2,(H,15,16)(H,11,12,13). The largest absolute Gasteiger partial charge is 0.476 e. The number of rotatable bonds is 4. The molecule has 0 amide bonds. The molecule has 1 atom stereocenters. The fourth-order valence-corrected chi connectivity index (χ4v) is 1.05. The Morgan fingerprint density at radius 1 is 1.75 bits per heavy atom. The maximum Gasteiger partial charge on any atom is 0.356 e. The van der Waals surface area contributed by atoms with Gasteiger partial charge in [-0.2, -0.15) is 0 Å². The van der Waals surface area contributed by atoms with Crippen LogP contribution in [0.5, 0.6) is 0 Å². The molecule has 0 aliphatic carbocycles. The molecule has 16 heavy (non-hydrogen) atoms. The van der Waals surface area contributed by atoms with Gasteiger partial charge in [0.1, 0.15) is 6.04 Å². The zero-order valence-corrected chi connectivity index (χ0v) is 8.77. The number of carboxylic acid groups (broad SMARTS) is 1. The van der Waals surface area contributed by atoms with Crippen molar-refractivity contribution in [3.63, 3.8) is 0 Å². The van der Waals surface area contributed by atoms with Gasteiger partial charge in [-0.3, -0.25) is 0 Å². The molecule has 1 rings (SSSR count). The minimum Gasteiger partial charge on any atom is -0.476 e. The van der Waals surface area contributed by atoms with Crippen LogP contribution in [0, 0.1) is 12.3 Å². The maximum absolute atomic E-state index is 10.7. The van der Waals surface area contributed by atoms with Crippen LogP contribution in [-0.4, -0.2) is 38.8 Å². The molecule has 0 saturated heterocycles. The first kappa shape index (κ1) is 12.2. The number of carboxylic acids is 1. The molecule has 0 spiro atoms. The number of carbonyl (C=O) groups is 1. The van der Waals surface area contributed by atoms with Gasteiger partial charge in [-0.05, 0) is 0 Å². The van der Waals surface area contributed by atoms with Crippen molar-refractivity contribution in [3.8, 4) is 12.3 Å². The summed E-state index contributed by atoms with van der Waals surface area (Å²) < 4.78 is 0. The van der Waals surface area contributed by atoms with E-state index in [2.05, 4.69) is 21.2 Å². The fraction of sp³-hybridized carbons (Fsp3) is 0.222. The molecular formula is C9H8ClN3O3. The average molecular weight is 242 g/mol. The number of aromatic carboxylic acids is 1. The van der Waals surface area contributed by atoms with Crippen LogP contribution in [0.1, 0.15) is 10.5 Å². The predicted octanol–water partition coefficient (Wildman–Crippen LogP) is 0.234. The molecule has 0 bridgehead atoms. The lowest BCUT2D eigenvalue weighted by molar-refractivity contribution is 0.0690. The molecule has 6 nitrogen and oxygen atoms in total. The number of anilines is 1. The highest BCUT2D eigenvalue weighted by molar-refractivity contribution is 6.33. The van der Waals surface area contributed by atoms with Crippen molar-refractivity contribution in [1.29, 1.82) is 0 Å². The van der Waals surface area contributed by atoms with E-state index in [1.165, 1.54) is 0 Å².